The van der Waals surface area contributed by atoms with Gasteiger partial charge in [-0.25, -0.2) is 4.79 Å². The molecule has 24 heavy (non-hydrogen) atoms. The fourth-order valence-electron chi connectivity index (χ4n) is 4.12. The van der Waals surface area contributed by atoms with Gasteiger partial charge in [-0.2, -0.15) is 0 Å². The van der Waals surface area contributed by atoms with Crippen molar-refractivity contribution in [1.29, 1.82) is 0 Å². The Balaban J connectivity index is 1.48. The van der Waals surface area contributed by atoms with Gasteiger partial charge in [0.2, 0.25) is 0 Å². The smallest absolute Gasteiger partial charge is 0.404 e. The number of rotatable bonds is 3. The van der Waals surface area contributed by atoms with Crippen LogP contribution in [-0.2, 0) is 6.54 Å². The number of nitrogens with one attached hydrogen (secondary N) is 1. The summed E-state index contributed by atoms with van der Waals surface area (Å²) in [6.45, 7) is 3.44. The molecule has 6 heteroatoms. The number of amides is 1. The SMILES string of the molecule is O=C(O)NC1CCN(CC2Cn3c(=O)ccc4cccc2c43)CC1. The van der Waals surface area contributed by atoms with Crippen LogP contribution in [0, 0.1) is 0 Å². The number of hydrogen-bond acceptors (Lipinski definition) is 3. The van der Waals surface area contributed by atoms with Gasteiger partial charge in [-0.05, 0) is 29.9 Å². The molecule has 1 amide bonds. The van der Waals surface area contributed by atoms with Crippen LogP contribution in [0.3, 0.4) is 0 Å². The van der Waals surface area contributed by atoms with Crippen molar-refractivity contribution >= 4 is 17.0 Å². The highest BCUT2D eigenvalue weighted by Gasteiger charge is 2.28. The van der Waals surface area contributed by atoms with Crippen LogP contribution in [0.25, 0.3) is 10.9 Å². The molecule has 2 N–H and O–H groups in total. The Morgan fingerprint density at radius 2 is 2.00 bits per heavy atom. The molecule has 0 bridgehead atoms. The molecule has 2 aromatic rings. The number of pyridine rings is 1. The molecule has 126 valence electrons. The number of para-hydroxylation sites is 1. The minimum Gasteiger partial charge on any atom is -0.465 e. The third kappa shape index (κ3) is 2.67. The molecular weight excluding hydrogens is 306 g/mol. The number of piperidine rings is 1. The van der Waals surface area contributed by atoms with Gasteiger partial charge in [0.15, 0.2) is 0 Å². The van der Waals surface area contributed by atoms with Crippen molar-refractivity contribution in [2.24, 2.45) is 0 Å². The van der Waals surface area contributed by atoms with E-state index in [2.05, 4.69) is 28.4 Å². The van der Waals surface area contributed by atoms with E-state index in [1.807, 2.05) is 10.6 Å². The zero-order valence-electron chi connectivity index (χ0n) is 13.4. The van der Waals surface area contributed by atoms with Crippen molar-refractivity contribution in [2.45, 2.75) is 31.3 Å². The molecule has 4 rings (SSSR count). The van der Waals surface area contributed by atoms with Crippen molar-refractivity contribution in [1.82, 2.24) is 14.8 Å². The zero-order chi connectivity index (χ0) is 16.7. The van der Waals surface area contributed by atoms with E-state index in [9.17, 15) is 9.59 Å². The van der Waals surface area contributed by atoms with Gasteiger partial charge < -0.3 is 19.9 Å². The molecule has 2 aliphatic heterocycles. The number of aromatic nitrogens is 1. The molecule has 0 saturated carbocycles. The predicted molar refractivity (Wildman–Crippen MR) is 91.6 cm³/mol. The maximum Gasteiger partial charge on any atom is 0.404 e. The molecule has 6 nitrogen and oxygen atoms in total. The topological polar surface area (TPSA) is 74.6 Å². The standard InChI is InChI=1S/C18H21N3O3/c22-16-5-4-12-2-1-3-15-13(11-21(16)17(12)15)10-20-8-6-14(7-9-20)19-18(23)24/h1-5,13-14,19H,6-11H2,(H,23,24). The highest BCUT2D eigenvalue weighted by Crippen LogP contribution is 2.33. The Kier molecular flexibility index (Phi) is 3.76. The fourth-order valence-corrected chi connectivity index (χ4v) is 4.12. The first-order valence-electron chi connectivity index (χ1n) is 8.46. The third-order valence-corrected chi connectivity index (χ3v) is 5.28. The van der Waals surface area contributed by atoms with Gasteiger partial charge in [0, 0.05) is 44.2 Å². The second-order valence-corrected chi connectivity index (χ2v) is 6.79. The lowest BCUT2D eigenvalue weighted by molar-refractivity contribution is 0.163. The Hall–Kier alpha value is -2.34. The summed E-state index contributed by atoms with van der Waals surface area (Å²) < 4.78 is 1.90. The summed E-state index contributed by atoms with van der Waals surface area (Å²) in [5.74, 6) is 0.327. The second kappa shape index (κ2) is 5.94. The van der Waals surface area contributed by atoms with E-state index in [0.29, 0.717) is 5.92 Å². The lowest BCUT2D eigenvalue weighted by atomic mass is 9.97. The van der Waals surface area contributed by atoms with Gasteiger partial charge in [-0.15, -0.1) is 0 Å². The van der Waals surface area contributed by atoms with Gasteiger partial charge in [0.05, 0.1) is 5.52 Å². The van der Waals surface area contributed by atoms with Crippen LogP contribution in [0.4, 0.5) is 4.79 Å². The van der Waals surface area contributed by atoms with Crippen LogP contribution < -0.4 is 10.9 Å². The highest BCUT2D eigenvalue weighted by atomic mass is 16.4. The van der Waals surface area contributed by atoms with Crippen molar-refractivity contribution < 1.29 is 9.90 Å². The molecule has 1 aromatic carbocycles. The number of nitrogens with zero attached hydrogens (tertiary/aromatic N) is 2. The van der Waals surface area contributed by atoms with Crippen LogP contribution in [0.15, 0.2) is 35.1 Å². The molecule has 1 atom stereocenters. The van der Waals surface area contributed by atoms with E-state index in [1.54, 1.807) is 6.07 Å². The minimum absolute atomic E-state index is 0.0607. The molecule has 3 heterocycles. The monoisotopic (exact) mass is 327 g/mol. The van der Waals surface area contributed by atoms with E-state index < -0.39 is 6.09 Å². The molecule has 1 unspecified atom stereocenters. The molecule has 0 aliphatic carbocycles. The summed E-state index contributed by atoms with van der Waals surface area (Å²) in [5.41, 5.74) is 2.41. The Bertz CT molecular complexity index is 837. The predicted octanol–water partition coefficient (Wildman–Crippen LogP) is 1.83. The van der Waals surface area contributed by atoms with Crippen molar-refractivity contribution in [3.8, 4) is 0 Å². The van der Waals surface area contributed by atoms with E-state index in [0.717, 1.165) is 49.9 Å². The van der Waals surface area contributed by atoms with Crippen LogP contribution in [0.2, 0.25) is 0 Å². The van der Waals surface area contributed by atoms with E-state index in [-0.39, 0.29) is 11.6 Å². The van der Waals surface area contributed by atoms with E-state index >= 15 is 0 Å². The van der Waals surface area contributed by atoms with Crippen molar-refractivity contribution in [3.05, 3.63) is 46.2 Å². The summed E-state index contributed by atoms with van der Waals surface area (Å²) in [6.07, 6.45) is 0.748. The number of benzene rings is 1. The maximum absolute atomic E-state index is 12.2. The van der Waals surface area contributed by atoms with Crippen molar-refractivity contribution in [2.75, 3.05) is 19.6 Å². The third-order valence-electron chi connectivity index (χ3n) is 5.28. The number of hydrogen-bond donors (Lipinski definition) is 2. The van der Waals surface area contributed by atoms with E-state index in [1.165, 1.54) is 5.56 Å². The first kappa shape index (κ1) is 15.2. The lowest BCUT2D eigenvalue weighted by Gasteiger charge is -2.33. The Labute approximate surface area is 139 Å². The molecule has 1 fully saturated rings. The van der Waals surface area contributed by atoms with Gasteiger partial charge in [0.1, 0.15) is 0 Å². The summed E-state index contributed by atoms with van der Waals surface area (Å²) in [4.78, 5) is 25.3. The summed E-state index contributed by atoms with van der Waals surface area (Å²) in [7, 11) is 0. The molecular formula is C18H21N3O3. The van der Waals surface area contributed by atoms with Crippen molar-refractivity contribution in [3.63, 3.8) is 0 Å². The largest absolute Gasteiger partial charge is 0.465 e. The molecule has 1 aromatic heterocycles. The molecule has 1 saturated heterocycles. The Morgan fingerprint density at radius 3 is 2.75 bits per heavy atom. The van der Waals surface area contributed by atoms with Crippen LogP contribution in [-0.4, -0.2) is 46.3 Å². The van der Waals surface area contributed by atoms with Gasteiger partial charge in [0.25, 0.3) is 5.56 Å². The van der Waals surface area contributed by atoms with Crippen LogP contribution in [0.5, 0.6) is 0 Å². The van der Waals surface area contributed by atoms with Gasteiger partial charge >= 0.3 is 6.09 Å². The average Bonchev–Trinajstić information content (AvgIpc) is 2.93. The highest BCUT2D eigenvalue weighted by molar-refractivity contribution is 5.84. The molecule has 2 aliphatic rings. The summed E-state index contributed by atoms with van der Waals surface area (Å²) in [6, 6.07) is 9.87. The number of likely N-dealkylation sites (tertiary alicyclic amines) is 1. The second-order valence-electron chi connectivity index (χ2n) is 6.79. The van der Waals surface area contributed by atoms with Crippen LogP contribution >= 0.6 is 0 Å². The lowest BCUT2D eigenvalue weighted by Crippen LogP contribution is -2.45. The number of carbonyl (C=O) groups is 1. The average molecular weight is 327 g/mol. The zero-order valence-corrected chi connectivity index (χ0v) is 13.4. The molecule has 0 spiro atoms. The normalized spacial score (nSPS) is 21.2. The molecule has 0 radical (unpaired) electrons. The Morgan fingerprint density at radius 1 is 1.21 bits per heavy atom. The van der Waals surface area contributed by atoms with E-state index in [4.69, 9.17) is 5.11 Å². The quantitative estimate of drug-likeness (QED) is 0.902. The summed E-state index contributed by atoms with van der Waals surface area (Å²) >= 11 is 0. The maximum atomic E-state index is 12.2. The van der Waals surface area contributed by atoms with Crippen LogP contribution in [0.1, 0.15) is 24.3 Å². The fraction of sp³-hybridized carbons (Fsp3) is 0.444. The van der Waals surface area contributed by atoms with Gasteiger partial charge in [-0.3, -0.25) is 4.79 Å². The first-order valence-corrected chi connectivity index (χ1v) is 8.46. The first-order chi connectivity index (χ1) is 11.6. The summed E-state index contributed by atoms with van der Waals surface area (Å²) in [5, 5.41) is 12.5. The minimum atomic E-state index is -0.939. The van der Waals surface area contributed by atoms with Gasteiger partial charge in [-0.1, -0.05) is 18.2 Å². The number of carboxylic acid groups (broad SMARTS) is 1.